The standard InChI is InChI=1S/C31H29ClF4N2O2S/c1-37-22-11-13-23(14-12-22)38(30(40)28-27(32)24-4-2-3-5-26(24)41-28)17-21-16-20(10-15-25(21)33)18-6-8-19(9-7-18)29(39)31(34,35)36/h2-10,15-16,22-23,29,37,39H,11-14,17H2,1H3. The fraction of sp³-hybridized carbons (Fsp3) is 0.323. The summed E-state index contributed by atoms with van der Waals surface area (Å²) < 4.78 is 54.8. The Morgan fingerprint density at radius 1 is 1.05 bits per heavy atom. The fourth-order valence-electron chi connectivity index (χ4n) is 5.43. The number of fused-ring (bicyclic) bond motifs is 1. The maximum Gasteiger partial charge on any atom is 0.418 e. The Labute approximate surface area is 244 Å². The average Bonchev–Trinajstić information content (AvgIpc) is 3.32. The second-order valence-electron chi connectivity index (χ2n) is 10.3. The van der Waals surface area contributed by atoms with Crippen LogP contribution in [-0.2, 0) is 6.54 Å². The molecule has 1 atom stereocenters. The summed E-state index contributed by atoms with van der Waals surface area (Å²) in [7, 11) is 1.92. The minimum Gasteiger partial charge on any atom is -0.379 e. The van der Waals surface area contributed by atoms with E-state index in [1.54, 1.807) is 17.0 Å². The number of nitrogens with one attached hydrogen (secondary N) is 1. The first-order chi connectivity index (χ1) is 19.6. The third-order valence-electron chi connectivity index (χ3n) is 7.79. The first kappa shape index (κ1) is 29.5. The van der Waals surface area contributed by atoms with Crippen LogP contribution < -0.4 is 5.32 Å². The number of amides is 1. The summed E-state index contributed by atoms with van der Waals surface area (Å²) in [5.74, 6) is -0.735. The van der Waals surface area contributed by atoms with Crippen LogP contribution in [0, 0.1) is 5.82 Å². The van der Waals surface area contributed by atoms with Crippen molar-refractivity contribution in [2.24, 2.45) is 0 Å². The number of hydrogen-bond donors (Lipinski definition) is 2. The zero-order chi connectivity index (χ0) is 29.3. The number of aliphatic hydroxyl groups excluding tert-OH is 1. The lowest BCUT2D eigenvalue weighted by molar-refractivity contribution is -0.206. The maximum atomic E-state index is 15.2. The highest BCUT2D eigenvalue weighted by Gasteiger charge is 2.39. The number of halogens is 5. The maximum absolute atomic E-state index is 15.2. The summed E-state index contributed by atoms with van der Waals surface area (Å²) in [5.41, 5.74) is 1.16. The number of nitrogens with zero attached hydrogens (tertiary/aromatic N) is 1. The molecule has 1 heterocycles. The molecule has 10 heteroatoms. The van der Waals surface area contributed by atoms with Crippen LogP contribution in [0.4, 0.5) is 17.6 Å². The molecule has 1 fully saturated rings. The Morgan fingerprint density at radius 2 is 1.71 bits per heavy atom. The lowest BCUT2D eigenvalue weighted by atomic mass is 9.89. The number of benzene rings is 3. The molecule has 1 saturated carbocycles. The molecule has 2 N–H and O–H groups in total. The van der Waals surface area contributed by atoms with Gasteiger partial charge in [0.1, 0.15) is 10.7 Å². The molecule has 216 valence electrons. The van der Waals surface area contributed by atoms with Crippen LogP contribution in [0.1, 0.15) is 52.6 Å². The highest BCUT2D eigenvalue weighted by Crippen LogP contribution is 2.38. The van der Waals surface area contributed by atoms with Gasteiger partial charge in [-0.2, -0.15) is 13.2 Å². The van der Waals surface area contributed by atoms with E-state index >= 15 is 4.39 Å². The van der Waals surface area contributed by atoms with Gasteiger partial charge in [0.15, 0.2) is 6.10 Å². The Morgan fingerprint density at radius 3 is 2.34 bits per heavy atom. The summed E-state index contributed by atoms with van der Waals surface area (Å²) in [6.07, 6.45) is -4.09. The average molecular weight is 605 g/mol. The third kappa shape index (κ3) is 6.28. The van der Waals surface area contributed by atoms with E-state index < -0.39 is 18.1 Å². The van der Waals surface area contributed by atoms with E-state index in [2.05, 4.69) is 5.32 Å². The normalized spacial score (nSPS) is 18.4. The van der Waals surface area contributed by atoms with Gasteiger partial charge in [0, 0.05) is 34.3 Å². The molecule has 1 unspecified atom stereocenters. The molecule has 0 spiro atoms. The molecule has 5 rings (SSSR count). The van der Waals surface area contributed by atoms with Crippen LogP contribution in [0.15, 0.2) is 66.7 Å². The molecule has 0 saturated heterocycles. The number of alkyl halides is 3. The zero-order valence-corrected chi connectivity index (χ0v) is 23.8. The minimum atomic E-state index is -4.77. The first-order valence-corrected chi connectivity index (χ1v) is 14.5. The number of aliphatic hydroxyl groups is 1. The monoisotopic (exact) mass is 604 g/mol. The molecule has 4 nitrogen and oxygen atoms in total. The van der Waals surface area contributed by atoms with Crippen LogP contribution >= 0.6 is 22.9 Å². The van der Waals surface area contributed by atoms with E-state index in [1.165, 1.54) is 41.7 Å². The van der Waals surface area contributed by atoms with Crippen LogP contribution in [-0.4, -0.2) is 41.2 Å². The Balaban J connectivity index is 1.46. The van der Waals surface area contributed by atoms with Crippen molar-refractivity contribution in [1.29, 1.82) is 0 Å². The smallest absolute Gasteiger partial charge is 0.379 e. The summed E-state index contributed by atoms with van der Waals surface area (Å²) in [5, 5.41) is 14.0. The number of thiophene rings is 1. The van der Waals surface area contributed by atoms with E-state index in [0.717, 1.165) is 35.8 Å². The SMILES string of the molecule is CNC1CCC(N(Cc2cc(-c3ccc(C(O)C(F)(F)F)cc3)ccc2F)C(=O)c2sc3ccccc3c2Cl)CC1. The Bertz CT molecular complexity index is 1530. The second kappa shape index (κ2) is 12.1. The molecule has 4 aromatic rings. The molecular formula is C31H29ClF4N2O2S. The van der Waals surface area contributed by atoms with E-state index in [0.29, 0.717) is 32.6 Å². The van der Waals surface area contributed by atoms with Crippen molar-refractivity contribution in [1.82, 2.24) is 10.2 Å². The van der Waals surface area contributed by atoms with E-state index in [4.69, 9.17) is 11.6 Å². The van der Waals surface area contributed by atoms with Gasteiger partial charge in [-0.3, -0.25) is 4.79 Å². The van der Waals surface area contributed by atoms with Crippen LogP contribution in [0.5, 0.6) is 0 Å². The van der Waals surface area contributed by atoms with Crippen molar-refractivity contribution in [3.8, 4) is 11.1 Å². The highest BCUT2D eigenvalue weighted by molar-refractivity contribution is 7.21. The van der Waals surface area contributed by atoms with Gasteiger partial charge in [-0.25, -0.2) is 4.39 Å². The van der Waals surface area contributed by atoms with Gasteiger partial charge in [0.05, 0.1) is 5.02 Å². The van der Waals surface area contributed by atoms with Crippen LogP contribution in [0.25, 0.3) is 21.2 Å². The molecule has 1 aliphatic rings. The molecule has 0 bridgehead atoms. The zero-order valence-electron chi connectivity index (χ0n) is 22.2. The molecule has 1 amide bonds. The molecule has 1 aliphatic carbocycles. The van der Waals surface area contributed by atoms with Crippen molar-refractivity contribution >= 4 is 38.9 Å². The minimum absolute atomic E-state index is 0.0167. The largest absolute Gasteiger partial charge is 0.418 e. The van der Waals surface area contributed by atoms with Gasteiger partial charge in [-0.1, -0.05) is 60.1 Å². The van der Waals surface area contributed by atoms with Crippen LogP contribution in [0.2, 0.25) is 5.02 Å². The van der Waals surface area contributed by atoms with Crippen molar-refractivity contribution in [3.05, 3.63) is 93.6 Å². The fourth-order valence-corrected chi connectivity index (χ4v) is 6.90. The summed E-state index contributed by atoms with van der Waals surface area (Å²) >= 11 is 7.99. The summed E-state index contributed by atoms with van der Waals surface area (Å²) in [6, 6.07) is 17.6. The molecule has 0 radical (unpaired) electrons. The van der Waals surface area contributed by atoms with Crippen molar-refractivity contribution in [2.75, 3.05) is 7.05 Å². The third-order valence-corrected chi connectivity index (χ3v) is 9.46. The predicted octanol–water partition coefficient (Wildman–Crippen LogP) is 8.13. The van der Waals surface area contributed by atoms with Gasteiger partial charge >= 0.3 is 6.18 Å². The summed E-state index contributed by atoms with van der Waals surface area (Å²) in [4.78, 5) is 16.2. The molecular weight excluding hydrogens is 576 g/mol. The highest BCUT2D eigenvalue weighted by atomic mass is 35.5. The molecule has 41 heavy (non-hydrogen) atoms. The van der Waals surface area contributed by atoms with Gasteiger partial charge < -0.3 is 15.3 Å². The quantitative estimate of drug-likeness (QED) is 0.209. The lowest BCUT2D eigenvalue weighted by Gasteiger charge is -2.37. The van der Waals surface area contributed by atoms with Crippen molar-refractivity contribution in [2.45, 2.75) is 56.6 Å². The first-order valence-electron chi connectivity index (χ1n) is 13.4. The predicted molar refractivity (Wildman–Crippen MR) is 155 cm³/mol. The number of hydrogen-bond acceptors (Lipinski definition) is 4. The van der Waals surface area contributed by atoms with Crippen LogP contribution in [0.3, 0.4) is 0 Å². The van der Waals surface area contributed by atoms with Crippen molar-refractivity contribution < 1.29 is 27.5 Å². The van der Waals surface area contributed by atoms with Gasteiger partial charge in [-0.05, 0) is 67.6 Å². The Kier molecular flexibility index (Phi) is 8.70. The van der Waals surface area contributed by atoms with E-state index in [1.807, 2.05) is 31.3 Å². The van der Waals surface area contributed by atoms with Gasteiger partial charge in [0.2, 0.25) is 0 Å². The summed E-state index contributed by atoms with van der Waals surface area (Å²) in [6.45, 7) is 0.0167. The van der Waals surface area contributed by atoms with Gasteiger partial charge in [0.25, 0.3) is 5.91 Å². The second-order valence-corrected chi connectivity index (χ2v) is 11.8. The molecule has 0 aliphatic heterocycles. The molecule has 1 aromatic heterocycles. The van der Waals surface area contributed by atoms with E-state index in [-0.39, 0.29) is 24.1 Å². The topological polar surface area (TPSA) is 52.6 Å². The number of carbonyl (C=O) groups excluding carboxylic acids is 1. The van der Waals surface area contributed by atoms with Crippen molar-refractivity contribution in [3.63, 3.8) is 0 Å². The Hall–Kier alpha value is -2.98. The molecule has 3 aromatic carbocycles. The lowest BCUT2D eigenvalue weighted by Crippen LogP contribution is -2.44. The number of rotatable bonds is 7. The van der Waals surface area contributed by atoms with Gasteiger partial charge in [-0.15, -0.1) is 11.3 Å². The number of carbonyl (C=O) groups is 1. The van der Waals surface area contributed by atoms with E-state index in [9.17, 15) is 23.1 Å².